The highest BCUT2D eigenvalue weighted by atomic mass is 32.2. The third-order valence-electron chi connectivity index (χ3n) is 17.9. The summed E-state index contributed by atoms with van der Waals surface area (Å²) in [5.41, 5.74) is -18.1. The van der Waals surface area contributed by atoms with Crippen LogP contribution >= 0.6 is 11.8 Å². The predicted octanol–water partition coefficient (Wildman–Crippen LogP) is 25.7. The summed E-state index contributed by atoms with van der Waals surface area (Å²) in [5, 5.41) is 67.4. The molecule has 0 amide bonds. The molecule has 0 fully saturated rings. The van der Waals surface area contributed by atoms with E-state index in [4.69, 9.17) is 9.47 Å². The summed E-state index contributed by atoms with van der Waals surface area (Å²) >= 11 is 0.192. The van der Waals surface area contributed by atoms with E-state index in [1.54, 1.807) is 0 Å². The van der Waals surface area contributed by atoms with Crippen LogP contribution in [0.2, 0.25) is 0 Å². The fourth-order valence-electron chi connectivity index (χ4n) is 11.3. The maximum atomic E-state index is 13.8. The highest BCUT2D eigenvalue weighted by molar-refractivity contribution is 8.00. The molecule has 5 atom stereocenters. The maximum Gasteiger partial charge on any atom is 0.419 e. The number of nitrogens with one attached hydrogen (secondary N) is 1. The fraction of sp³-hybridized carbons (Fsp3) is 0.217. The summed E-state index contributed by atoms with van der Waals surface area (Å²) in [6.45, 7) is 0.995. The number of methoxy groups -OCH3 is 1. The Bertz CT molecular complexity index is 5830. The van der Waals surface area contributed by atoms with Gasteiger partial charge in [0.25, 0.3) is 5.69 Å². The van der Waals surface area contributed by atoms with Crippen LogP contribution in [0.15, 0.2) is 217 Å². The van der Waals surface area contributed by atoms with Crippen molar-refractivity contribution in [3.05, 3.63) is 323 Å². The zero-order chi connectivity index (χ0) is 102. The Morgan fingerprint density at radius 2 is 0.843 bits per heavy atom. The standard InChI is InChI=1S/C18H14F6O4.C17H10F8O2.C16H9F6NO5S.C16H11F6NO2.C16H10F6O3/c1-16(15(25)26,10-4-3-5-11(8-10)17(19,20)21)28-12-6-7-13(18(22,23)24)14(9-12)27-2;18-13-4-2-10(16(20,21)22)5-9(13)6-11(15(26)27)8-1-3-12(14(19)7-8)17(23,24)25;17-15(18,19)8-2-4-12(10(6-8)23(27)28)29-13(14(25)26)7-1-3-11(24)9(5-7)16(20,21)22;17-15(18,19)10-7-5-9(6-8-10)13(14(24)25)23-12-4-2-1-3-11(12)16(20,21)22;17-15(18,19)10-4-6-12(7-5-10)25-13(14(23)24)9-2-1-3-11(8-9)16(20,21)22/h3-9H,1-2H3,(H,25,26);1-5,7,11H,6H2,(H,26,27);1-6,13,24H,(H,25,26);1-8,13,23H,(H,24,25);1-8,13H,(H,23,24). The van der Waals surface area contributed by atoms with Crippen molar-refractivity contribution in [2.24, 2.45) is 0 Å². The smallest absolute Gasteiger partial charge is 0.419 e. The zero-order valence-electron chi connectivity index (χ0n) is 65.9. The summed E-state index contributed by atoms with van der Waals surface area (Å²) in [4.78, 5) is 66.8. The van der Waals surface area contributed by atoms with Crippen molar-refractivity contribution in [2.45, 2.75) is 109 Å². The first-order chi connectivity index (χ1) is 61.3. The van der Waals surface area contributed by atoms with Crippen molar-refractivity contribution in [3.8, 4) is 23.0 Å². The molecule has 5 unspecified atom stereocenters. The van der Waals surface area contributed by atoms with Gasteiger partial charge in [0, 0.05) is 28.9 Å². The van der Waals surface area contributed by atoms with Crippen molar-refractivity contribution in [3.63, 3.8) is 0 Å². The Morgan fingerprint density at radius 1 is 0.396 bits per heavy atom. The highest BCUT2D eigenvalue weighted by Gasteiger charge is 2.45. The van der Waals surface area contributed by atoms with Crippen LogP contribution in [0.1, 0.15) is 119 Å². The zero-order valence-corrected chi connectivity index (χ0v) is 66.8. The minimum absolute atomic E-state index is 0.113. The molecule has 134 heavy (non-hydrogen) atoms. The number of halogens is 32. The van der Waals surface area contributed by atoms with Crippen molar-refractivity contribution in [1.29, 1.82) is 0 Å². The van der Waals surface area contributed by atoms with Crippen LogP contribution in [-0.4, -0.2) is 72.5 Å². The molecule has 0 radical (unpaired) electrons. The van der Waals surface area contributed by atoms with Crippen LogP contribution in [0.5, 0.6) is 23.0 Å². The number of ether oxygens (including phenoxy) is 3. The van der Waals surface area contributed by atoms with Crippen molar-refractivity contribution in [1.82, 2.24) is 0 Å². The molecule has 10 aromatic carbocycles. The number of phenolic OH excluding ortho intramolecular Hbond substituents is 1. The van der Waals surface area contributed by atoms with Gasteiger partial charge in [0.15, 0.2) is 6.04 Å². The molecule has 0 aromatic heterocycles. The molecular formula is C83H54F32N2O16S. The summed E-state index contributed by atoms with van der Waals surface area (Å²) in [7, 11) is 0.984. The topological polar surface area (TPSA) is 290 Å². The molecule has 51 heteroatoms. The summed E-state index contributed by atoms with van der Waals surface area (Å²) in [6.07, 6.45) is -50.3. The lowest BCUT2D eigenvalue weighted by molar-refractivity contribution is -0.388. The van der Waals surface area contributed by atoms with E-state index < -0.39 is 244 Å². The Morgan fingerprint density at radius 3 is 1.31 bits per heavy atom. The number of alkyl halides is 30. The summed E-state index contributed by atoms with van der Waals surface area (Å²) < 4.78 is 425. The Balaban J connectivity index is 0.000000258. The van der Waals surface area contributed by atoms with E-state index in [1.165, 1.54) is 6.07 Å². The number of hydrogen-bond acceptors (Lipinski definition) is 13. The quantitative estimate of drug-likeness (QED) is 0.0144. The number of aromatic hydroxyl groups is 1. The van der Waals surface area contributed by atoms with Gasteiger partial charge in [-0.3, -0.25) is 19.7 Å². The van der Waals surface area contributed by atoms with Gasteiger partial charge in [0.1, 0.15) is 39.9 Å². The van der Waals surface area contributed by atoms with Crippen molar-refractivity contribution < 1.29 is 214 Å². The second-order valence-electron chi connectivity index (χ2n) is 27.1. The van der Waals surface area contributed by atoms with E-state index in [-0.39, 0.29) is 46.0 Å². The third-order valence-corrected chi connectivity index (χ3v) is 19.2. The van der Waals surface area contributed by atoms with Gasteiger partial charge in [-0.1, -0.05) is 72.4 Å². The third kappa shape index (κ3) is 29.8. The molecule has 0 aliphatic rings. The van der Waals surface area contributed by atoms with Gasteiger partial charge in [-0.25, -0.2) is 23.2 Å². The lowest BCUT2D eigenvalue weighted by Gasteiger charge is -2.28. The van der Waals surface area contributed by atoms with Gasteiger partial charge in [-0.2, -0.15) is 132 Å². The van der Waals surface area contributed by atoms with Gasteiger partial charge < -0.3 is 50.2 Å². The van der Waals surface area contributed by atoms with Crippen LogP contribution in [0, 0.1) is 21.7 Å². The number of hydrogen-bond donors (Lipinski definition) is 7. The molecule has 10 rings (SSSR count). The van der Waals surface area contributed by atoms with Gasteiger partial charge in [0.2, 0.25) is 11.7 Å². The van der Waals surface area contributed by atoms with Gasteiger partial charge in [-0.15, -0.1) is 0 Å². The van der Waals surface area contributed by atoms with Crippen molar-refractivity contribution >= 4 is 53.0 Å². The monoisotopic (exact) mass is 1970 g/mol. The number of anilines is 1. The van der Waals surface area contributed by atoms with E-state index in [1.807, 2.05) is 0 Å². The van der Waals surface area contributed by atoms with E-state index in [0.717, 1.165) is 111 Å². The lowest BCUT2D eigenvalue weighted by atomic mass is 9.90. The van der Waals surface area contributed by atoms with Gasteiger partial charge in [-0.05, 0) is 175 Å². The minimum atomic E-state index is -5.01. The second kappa shape index (κ2) is 42.3. The molecule has 0 spiro atoms. The van der Waals surface area contributed by atoms with Gasteiger partial charge >= 0.3 is 91.6 Å². The molecule has 18 nitrogen and oxygen atoms in total. The summed E-state index contributed by atoms with van der Waals surface area (Å²) in [6, 6.07) is 24.1. The molecule has 0 saturated carbocycles. The molecule has 0 bridgehead atoms. The average Bonchev–Trinajstić information content (AvgIpc) is 0.772. The molecular weight excluding hydrogens is 1920 g/mol. The van der Waals surface area contributed by atoms with E-state index in [2.05, 4.69) is 10.1 Å². The number of nitro groups is 1. The number of benzene rings is 10. The largest absolute Gasteiger partial charge is 0.507 e. The number of carboxylic acids is 5. The molecule has 0 aliphatic heterocycles. The van der Waals surface area contributed by atoms with Crippen LogP contribution in [0.3, 0.4) is 0 Å². The number of nitrogens with zero attached hydrogens (tertiary/aromatic N) is 1. The molecule has 0 aliphatic carbocycles. The van der Waals surface area contributed by atoms with Crippen LogP contribution in [-0.2, 0) is 97.8 Å². The maximum absolute atomic E-state index is 13.8. The Kier molecular flexibility index (Phi) is 34.4. The SMILES string of the molecule is COc1cc(OC(C)(C(=O)O)c2cccc(C(F)(F)F)c2)ccc1C(F)(F)F.O=C(O)C(Cc1cc(C(F)(F)F)ccc1F)c1ccc(C(F)(F)F)c(F)c1.O=C(O)C(Nc1ccccc1C(F)(F)F)c1ccc(C(F)(F)F)cc1.O=C(O)C(Oc1ccc(C(F)(F)F)cc1)c1cccc(C(F)(F)F)c1.O=C(O)C(Sc1ccc(C(F)(F)F)cc1[N+](=O)[O-])c1ccc(O)c(C(F)(F)F)c1. The lowest BCUT2D eigenvalue weighted by Crippen LogP contribution is -2.38. The second-order valence-corrected chi connectivity index (χ2v) is 28.3. The molecule has 7 N–H and O–H groups in total. The molecule has 0 saturated heterocycles. The highest BCUT2D eigenvalue weighted by Crippen LogP contribution is 2.48. The van der Waals surface area contributed by atoms with E-state index in [0.29, 0.717) is 103 Å². The number of rotatable bonds is 22. The Hall–Kier alpha value is -13.9. The van der Waals surface area contributed by atoms with Crippen molar-refractivity contribution in [2.75, 3.05) is 12.4 Å². The van der Waals surface area contributed by atoms with E-state index >= 15 is 0 Å². The summed E-state index contributed by atoms with van der Waals surface area (Å²) in [5.74, 6) is -15.0. The average molecular weight is 1980 g/mol. The fourth-order valence-corrected chi connectivity index (χ4v) is 12.3. The van der Waals surface area contributed by atoms with Crippen LogP contribution < -0.4 is 19.5 Å². The first kappa shape index (κ1) is 109. The number of carboxylic acid groups (broad SMARTS) is 5. The predicted molar refractivity (Wildman–Crippen MR) is 400 cm³/mol. The van der Waals surface area contributed by atoms with Gasteiger partial charge in [0.05, 0.1) is 78.5 Å². The number of para-hydroxylation sites is 1. The first-order valence-corrected chi connectivity index (χ1v) is 36.7. The van der Waals surface area contributed by atoms with Crippen LogP contribution in [0.4, 0.5) is 152 Å². The number of nitro benzene ring substituents is 1. The van der Waals surface area contributed by atoms with Crippen LogP contribution in [0.25, 0.3) is 0 Å². The van der Waals surface area contributed by atoms with E-state index in [9.17, 15) is 205 Å². The number of aliphatic carboxylic acids is 5. The molecule has 0 heterocycles. The minimum Gasteiger partial charge on any atom is -0.507 e. The molecule has 722 valence electrons. The first-order valence-electron chi connectivity index (χ1n) is 35.8. The number of carbonyl (C=O) groups is 5. The Labute approximate surface area is 732 Å². The number of phenols is 1. The normalized spacial score (nSPS) is 13.5. The molecule has 10 aromatic rings. The number of thioether (sulfide) groups is 1.